The first-order chi connectivity index (χ1) is 13.9. The van der Waals surface area contributed by atoms with Crippen LogP contribution in [0.1, 0.15) is 32.6 Å². The van der Waals surface area contributed by atoms with Crippen LogP contribution in [0.25, 0.3) is 0 Å². The highest BCUT2D eigenvalue weighted by molar-refractivity contribution is 6.10. The maximum absolute atomic E-state index is 12.9. The van der Waals surface area contributed by atoms with Crippen LogP contribution in [0.3, 0.4) is 0 Å². The van der Waals surface area contributed by atoms with Gasteiger partial charge in [-0.2, -0.15) is 0 Å². The van der Waals surface area contributed by atoms with Gasteiger partial charge in [0.15, 0.2) is 11.5 Å². The van der Waals surface area contributed by atoms with E-state index in [1.54, 1.807) is 18.2 Å². The topological polar surface area (TPSA) is 126 Å². The van der Waals surface area contributed by atoms with E-state index in [4.69, 9.17) is 9.47 Å². The maximum atomic E-state index is 12.9. The average molecular weight is 402 g/mol. The smallest absolute Gasteiger partial charge is 0.325 e. The van der Waals surface area contributed by atoms with Crippen LogP contribution in [-0.4, -0.2) is 47.7 Å². The summed E-state index contributed by atoms with van der Waals surface area (Å²) in [6.07, 6.45) is 3.24. The lowest BCUT2D eigenvalue weighted by Crippen LogP contribution is -2.54. The molecular formula is C19H22N4O6. The summed E-state index contributed by atoms with van der Waals surface area (Å²) in [5, 5.41) is 7.41. The summed E-state index contributed by atoms with van der Waals surface area (Å²) in [5.41, 5.74) is -0.533. The van der Waals surface area contributed by atoms with Crippen LogP contribution in [0.15, 0.2) is 18.2 Å². The van der Waals surface area contributed by atoms with Gasteiger partial charge in [-0.25, -0.2) is 9.59 Å². The monoisotopic (exact) mass is 402 g/mol. The molecule has 2 fully saturated rings. The molecule has 29 heavy (non-hydrogen) atoms. The minimum Gasteiger partial charge on any atom is -0.454 e. The van der Waals surface area contributed by atoms with Gasteiger partial charge < -0.3 is 20.1 Å². The summed E-state index contributed by atoms with van der Waals surface area (Å²) in [4.78, 5) is 50.4. The molecule has 0 bridgehead atoms. The molecule has 1 aromatic carbocycles. The van der Waals surface area contributed by atoms with Crippen molar-refractivity contribution < 1.29 is 28.7 Å². The van der Waals surface area contributed by atoms with Crippen LogP contribution in [0.5, 0.6) is 11.5 Å². The summed E-state index contributed by atoms with van der Waals surface area (Å²) in [6, 6.07) is 3.43. The normalized spacial score (nSPS) is 25.1. The Kier molecular flexibility index (Phi) is 4.77. The minimum atomic E-state index is -0.940. The number of rotatable bonds is 3. The zero-order valence-corrected chi connectivity index (χ0v) is 15.9. The molecule has 1 saturated carbocycles. The summed E-state index contributed by atoms with van der Waals surface area (Å²) >= 11 is 0. The first-order valence-corrected chi connectivity index (χ1v) is 9.53. The van der Waals surface area contributed by atoms with Crippen molar-refractivity contribution in [1.82, 2.24) is 15.5 Å². The van der Waals surface area contributed by atoms with Crippen LogP contribution in [0.2, 0.25) is 0 Å². The van der Waals surface area contributed by atoms with E-state index < -0.39 is 36.0 Å². The second-order valence-electron chi connectivity index (χ2n) is 7.51. The van der Waals surface area contributed by atoms with Crippen molar-refractivity contribution in [3.8, 4) is 11.5 Å². The molecule has 3 aliphatic rings. The molecule has 6 amide bonds. The van der Waals surface area contributed by atoms with E-state index in [-0.39, 0.29) is 12.7 Å². The third kappa shape index (κ3) is 3.45. The number of hydrogen-bond acceptors (Lipinski definition) is 6. The number of nitrogens with one attached hydrogen (secondary N) is 3. The van der Waals surface area contributed by atoms with E-state index in [0.29, 0.717) is 23.6 Å². The molecule has 154 valence electrons. The molecule has 1 saturated heterocycles. The number of urea groups is 2. The largest absolute Gasteiger partial charge is 0.454 e. The Hall–Kier alpha value is -3.30. The van der Waals surface area contributed by atoms with Crippen molar-refractivity contribution in [2.24, 2.45) is 5.92 Å². The molecule has 10 nitrogen and oxygen atoms in total. The molecule has 2 aliphatic heterocycles. The Morgan fingerprint density at radius 3 is 2.83 bits per heavy atom. The minimum absolute atomic E-state index is 0.00457. The first-order valence-electron chi connectivity index (χ1n) is 9.53. The SMILES string of the molecule is C[C@H]1CCCC[C@]12NC(=O)N(CC(=O)NC(=O)Nc1ccc3c(c1)OCO3)C2=O. The van der Waals surface area contributed by atoms with Gasteiger partial charge in [0.25, 0.3) is 5.91 Å². The predicted octanol–water partition coefficient (Wildman–Crippen LogP) is 1.56. The number of amides is 6. The van der Waals surface area contributed by atoms with Gasteiger partial charge in [-0.05, 0) is 30.9 Å². The van der Waals surface area contributed by atoms with Gasteiger partial charge in [0.2, 0.25) is 12.7 Å². The fourth-order valence-corrected chi connectivity index (χ4v) is 4.09. The first kappa shape index (κ1) is 19.0. The average Bonchev–Trinajstić information content (AvgIpc) is 3.23. The van der Waals surface area contributed by atoms with Crippen molar-refractivity contribution in [3.05, 3.63) is 18.2 Å². The third-order valence-corrected chi connectivity index (χ3v) is 5.69. The maximum Gasteiger partial charge on any atom is 0.325 e. The van der Waals surface area contributed by atoms with Crippen LogP contribution in [-0.2, 0) is 9.59 Å². The van der Waals surface area contributed by atoms with Gasteiger partial charge in [-0.3, -0.25) is 19.8 Å². The summed E-state index contributed by atoms with van der Waals surface area (Å²) in [5.74, 6) is -0.111. The number of carbonyl (C=O) groups is 4. The molecular weight excluding hydrogens is 380 g/mol. The van der Waals surface area contributed by atoms with E-state index in [9.17, 15) is 19.2 Å². The number of carbonyl (C=O) groups excluding carboxylic acids is 4. The fraction of sp³-hybridized carbons (Fsp3) is 0.474. The zero-order valence-electron chi connectivity index (χ0n) is 15.9. The van der Waals surface area contributed by atoms with E-state index in [1.165, 1.54) is 0 Å². The number of benzene rings is 1. The Morgan fingerprint density at radius 2 is 2.03 bits per heavy atom. The van der Waals surface area contributed by atoms with Crippen molar-refractivity contribution in [2.45, 2.75) is 38.1 Å². The number of hydrogen-bond donors (Lipinski definition) is 3. The molecule has 3 N–H and O–H groups in total. The Morgan fingerprint density at radius 1 is 1.24 bits per heavy atom. The Bertz CT molecular complexity index is 887. The van der Waals surface area contributed by atoms with E-state index in [0.717, 1.165) is 24.2 Å². The van der Waals surface area contributed by atoms with E-state index in [2.05, 4.69) is 16.0 Å². The van der Waals surface area contributed by atoms with Gasteiger partial charge in [-0.1, -0.05) is 19.8 Å². The zero-order chi connectivity index (χ0) is 20.6. The third-order valence-electron chi connectivity index (χ3n) is 5.69. The molecule has 1 spiro atoms. The summed E-state index contributed by atoms with van der Waals surface area (Å²) < 4.78 is 10.4. The number of anilines is 1. The number of ether oxygens (including phenoxy) is 2. The lowest BCUT2D eigenvalue weighted by Gasteiger charge is -2.36. The molecule has 10 heteroatoms. The van der Waals surface area contributed by atoms with E-state index in [1.807, 2.05) is 6.92 Å². The van der Waals surface area contributed by atoms with Crippen LogP contribution in [0.4, 0.5) is 15.3 Å². The van der Waals surface area contributed by atoms with Gasteiger partial charge >= 0.3 is 12.1 Å². The van der Waals surface area contributed by atoms with Gasteiger partial charge in [-0.15, -0.1) is 0 Å². The molecule has 0 aromatic heterocycles. The summed E-state index contributed by atoms with van der Waals surface area (Å²) in [7, 11) is 0. The fourth-order valence-electron chi connectivity index (χ4n) is 4.09. The summed E-state index contributed by atoms with van der Waals surface area (Å²) in [6.45, 7) is 1.52. The Balaban J connectivity index is 1.35. The highest BCUT2D eigenvalue weighted by Gasteiger charge is 2.55. The number of nitrogens with zero attached hydrogens (tertiary/aromatic N) is 1. The molecule has 0 radical (unpaired) electrons. The predicted molar refractivity (Wildman–Crippen MR) is 100 cm³/mol. The standard InChI is InChI=1S/C19H22N4O6/c1-11-4-2-3-7-19(11)16(25)23(18(27)22-19)9-15(24)21-17(26)20-12-5-6-13-14(8-12)29-10-28-13/h5-6,8,11H,2-4,7,9-10H2,1H3,(H,22,27)(H2,20,21,24,26)/t11-,19-/m0/s1. The molecule has 1 aliphatic carbocycles. The van der Waals surface area contributed by atoms with Crippen molar-refractivity contribution in [1.29, 1.82) is 0 Å². The molecule has 0 unspecified atom stereocenters. The lowest BCUT2D eigenvalue weighted by atomic mass is 9.73. The van der Waals surface area contributed by atoms with Gasteiger partial charge in [0.05, 0.1) is 0 Å². The highest BCUT2D eigenvalue weighted by atomic mass is 16.7. The highest BCUT2D eigenvalue weighted by Crippen LogP contribution is 2.38. The lowest BCUT2D eigenvalue weighted by molar-refractivity contribution is -0.137. The Labute approximate surface area is 166 Å². The van der Waals surface area contributed by atoms with Crippen LogP contribution < -0.4 is 25.4 Å². The molecule has 2 heterocycles. The second kappa shape index (κ2) is 7.26. The van der Waals surface area contributed by atoms with Gasteiger partial charge in [0, 0.05) is 11.8 Å². The van der Waals surface area contributed by atoms with Crippen molar-refractivity contribution in [3.63, 3.8) is 0 Å². The van der Waals surface area contributed by atoms with E-state index >= 15 is 0 Å². The number of imide groups is 2. The number of fused-ring (bicyclic) bond motifs is 1. The molecule has 2 atom stereocenters. The van der Waals surface area contributed by atoms with Crippen molar-refractivity contribution >= 4 is 29.6 Å². The van der Waals surface area contributed by atoms with Gasteiger partial charge in [0.1, 0.15) is 12.1 Å². The molecule has 1 aromatic rings. The quantitative estimate of drug-likeness (QED) is 0.659. The van der Waals surface area contributed by atoms with Crippen LogP contribution in [0, 0.1) is 5.92 Å². The second-order valence-corrected chi connectivity index (χ2v) is 7.51. The molecule has 4 rings (SSSR count). The van der Waals surface area contributed by atoms with Crippen molar-refractivity contribution in [2.75, 3.05) is 18.7 Å². The van der Waals surface area contributed by atoms with Crippen LogP contribution >= 0.6 is 0 Å².